The molecule has 0 aromatic heterocycles. The van der Waals surface area contributed by atoms with Gasteiger partial charge in [-0.1, -0.05) is 0 Å². The molecule has 100 valence electrons. The Morgan fingerprint density at radius 1 is 1.44 bits per heavy atom. The lowest BCUT2D eigenvalue weighted by Crippen LogP contribution is -2.35. The number of hydrogen-bond donors (Lipinski definition) is 3. The van der Waals surface area contributed by atoms with E-state index >= 15 is 0 Å². The van der Waals surface area contributed by atoms with Gasteiger partial charge >= 0.3 is 18.3 Å². The monoisotopic (exact) mass is 266 g/mol. The second kappa shape index (κ2) is 5.11. The molecule has 0 heterocycles. The highest BCUT2D eigenvalue weighted by molar-refractivity contribution is 5.90. The third-order valence-electron chi connectivity index (χ3n) is 2.13. The number of rotatable bonds is 5. The highest BCUT2D eigenvalue weighted by atomic mass is 19.3. The maximum Gasteiger partial charge on any atom is 0.335 e. The van der Waals surface area contributed by atoms with Crippen LogP contribution in [0.3, 0.4) is 0 Å². The highest BCUT2D eigenvalue weighted by Crippen LogP contribution is 2.25. The molecule has 18 heavy (non-hydrogen) atoms. The van der Waals surface area contributed by atoms with E-state index in [1.165, 1.54) is 0 Å². The topological polar surface area (TPSA) is 75.4 Å². The second-order valence-corrected chi connectivity index (χ2v) is 3.52. The average molecular weight is 266 g/mol. The van der Waals surface area contributed by atoms with Crippen molar-refractivity contribution in [2.45, 2.75) is 12.3 Å². The van der Waals surface area contributed by atoms with Gasteiger partial charge in [0.1, 0.15) is 0 Å². The van der Waals surface area contributed by atoms with Gasteiger partial charge in [0.05, 0.1) is 23.5 Å². The van der Waals surface area contributed by atoms with Crippen LogP contribution in [0.2, 0.25) is 0 Å². The summed E-state index contributed by atoms with van der Waals surface area (Å²) in [6, 6.07) is 3.31. The van der Waals surface area contributed by atoms with E-state index in [9.17, 15) is 22.4 Å². The van der Waals surface area contributed by atoms with Crippen molar-refractivity contribution in [3.63, 3.8) is 0 Å². The van der Waals surface area contributed by atoms with Crippen LogP contribution in [-0.4, -0.2) is 30.0 Å². The molecule has 1 aromatic carbocycles. The van der Waals surface area contributed by atoms with Crippen molar-refractivity contribution in [2.75, 3.05) is 17.6 Å². The van der Waals surface area contributed by atoms with Crippen LogP contribution in [0.1, 0.15) is 10.4 Å². The number of alkyl halides is 4. The Morgan fingerprint density at radius 2 is 2.06 bits per heavy atom. The molecule has 0 bridgehead atoms. The number of aromatic carboxylic acids is 1. The van der Waals surface area contributed by atoms with Gasteiger partial charge < -0.3 is 16.2 Å². The van der Waals surface area contributed by atoms with Crippen molar-refractivity contribution in [1.82, 2.24) is 0 Å². The summed E-state index contributed by atoms with van der Waals surface area (Å²) in [5.41, 5.74) is 5.14. The Bertz CT molecular complexity index is 452. The Labute approximate surface area is 99.4 Å². The van der Waals surface area contributed by atoms with Crippen LogP contribution in [0.4, 0.5) is 28.9 Å². The van der Waals surface area contributed by atoms with E-state index in [1.807, 2.05) is 0 Å². The van der Waals surface area contributed by atoms with Crippen molar-refractivity contribution < 1.29 is 27.5 Å². The van der Waals surface area contributed by atoms with Gasteiger partial charge in [-0.2, -0.15) is 8.78 Å². The van der Waals surface area contributed by atoms with Gasteiger partial charge in [-0.3, -0.25) is 0 Å². The first kappa shape index (κ1) is 14.1. The number of anilines is 2. The molecule has 0 aliphatic carbocycles. The van der Waals surface area contributed by atoms with E-state index in [4.69, 9.17) is 10.8 Å². The number of carboxylic acid groups (broad SMARTS) is 1. The van der Waals surface area contributed by atoms with Gasteiger partial charge in [0.15, 0.2) is 0 Å². The standard InChI is InChI=1S/C10H10F4N2O2/c11-9(12)10(13,14)4-16-7-2-1-5(8(17)18)3-6(7)15/h1-3,9,16H,4,15H2,(H,17,18). The highest BCUT2D eigenvalue weighted by Gasteiger charge is 2.40. The number of halogens is 4. The van der Waals surface area contributed by atoms with E-state index in [0.29, 0.717) is 0 Å². The number of hydrogen-bond acceptors (Lipinski definition) is 3. The average Bonchev–Trinajstić information content (AvgIpc) is 2.26. The second-order valence-electron chi connectivity index (χ2n) is 3.52. The molecule has 8 heteroatoms. The molecular formula is C10H10F4N2O2. The summed E-state index contributed by atoms with van der Waals surface area (Å²) in [6.07, 6.45) is -3.79. The minimum absolute atomic E-state index is 0.0275. The largest absolute Gasteiger partial charge is 0.478 e. The molecule has 4 N–H and O–H groups in total. The fourth-order valence-corrected chi connectivity index (χ4v) is 1.15. The van der Waals surface area contributed by atoms with Crippen molar-refractivity contribution in [3.05, 3.63) is 23.8 Å². The van der Waals surface area contributed by atoms with E-state index in [0.717, 1.165) is 18.2 Å². The molecule has 0 saturated carbocycles. The molecule has 1 aromatic rings. The number of nitrogens with two attached hydrogens (primary N) is 1. The van der Waals surface area contributed by atoms with Crippen LogP contribution in [0.25, 0.3) is 0 Å². The summed E-state index contributed by atoms with van der Waals surface area (Å²) >= 11 is 0. The molecule has 0 spiro atoms. The molecule has 0 atom stereocenters. The van der Waals surface area contributed by atoms with E-state index in [1.54, 1.807) is 0 Å². The Kier molecular flexibility index (Phi) is 4.00. The van der Waals surface area contributed by atoms with Crippen molar-refractivity contribution >= 4 is 17.3 Å². The van der Waals surface area contributed by atoms with Crippen molar-refractivity contribution in [1.29, 1.82) is 0 Å². The molecule has 0 unspecified atom stereocenters. The summed E-state index contributed by atoms with van der Waals surface area (Å²) in [7, 11) is 0. The fourth-order valence-electron chi connectivity index (χ4n) is 1.15. The van der Waals surface area contributed by atoms with E-state index < -0.39 is 24.9 Å². The Balaban J connectivity index is 2.78. The molecule has 0 saturated heterocycles. The molecule has 1 rings (SSSR count). The summed E-state index contributed by atoms with van der Waals surface area (Å²) in [6.45, 7) is -1.29. The van der Waals surface area contributed by atoms with Crippen LogP contribution in [0, 0.1) is 0 Å². The zero-order valence-corrected chi connectivity index (χ0v) is 8.96. The van der Waals surface area contributed by atoms with Crippen molar-refractivity contribution in [2.24, 2.45) is 0 Å². The minimum atomic E-state index is -4.18. The quantitative estimate of drug-likeness (QED) is 0.564. The first-order valence-corrected chi connectivity index (χ1v) is 4.76. The van der Waals surface area contributed by atoms with Crippen LogP contribution < -0.4 is 11.1 Å². The molecule has 0 radical (unpaired) electrons. The maximum absolute atomic E-state index is 12.6. The molecule has 0 aliphatic heterocycles. The third-order valence-corrected chi connectivity index (χ3v) is 2.13. The predicted molar refractivity (Wildman–Crippen MR) is 57.3 cm³/mol. The summed E-state index contributed by atoms with van der Waals surface area (Å²) in [5, 5.41) is 10.7. The number of nitrogens with one attached hydrogen (secondary N) is 1. The summed E-state index contributed by atoms with van der Waals surface area (Å²) in [5.74, 6) is -5.41. The third kappa shape index (κ3) is 3.25. The van der Waals surface area contributed by atoms with Gasteiger partial charge in [0, 0.05) is 0 Å². The van der Waals surface area contributed by atoms with Crippen LogP contribution >= 0.6 is 0 Å². The molecule has 4 nitrogen and oxygen atoms in total. The van der Waals surface area contributed by atoms with Crippen LogP contribution in [0.15, 0.2) is 18.2 Å². The maximum atomic E-state index is 12.6. The zero-order chi connectivity index (χ0) is 13.9. The van der Waals surface area contributed by atoms with Gasteiger partial charge in [0.25, 0.3) is 0 Å². The van der Waals surface area contributed by atoms with E-state index in [2.05, 4.69) is 5.32 Å². The lowest BCUT2D eigenvalue weighted by molar-refractivity contribution is -0.117. The van der Waals surface area contributed by atoms with Crippen LogP contribution in [-0.2, 0) is 0 Å². The van der Waals surface area contributed by atoms with Gasteiger partial charge in [-0.15, -0.1) is 0 Å². The number of carboxylic acids is 1. The first-order valence-electron chi connectivity index (χ1n) is 4.76. The number of carbonyl (C=O) groups is 1. The summed E-state index contributed by atoms with van der Waals surface area (Å²) in [4.78, 5) is 10.6. The molecule has 0 fully saturated rings. The predicted octanol–water partition coefficient (Wildman–Crippen LogP) is 2.28. The first-order chi connectivity index (χ1) is 8.24. The molecular weight excluding hydrogens is 256 g/mol. The lowest BCUT2D eigenvalue weighted by Gasteiger charge is -2.17. The smallest absolute Gasteiger partial charge is 0.335 e. The normalized spacial score (nSPS) is 11.6. The lowest BCUT2D eigenvalue weighted by atomic mass is 10.1. The van der Waals surface area contributed by atoms with Gasteiger partial charge in [-0.05, 0) is 18.2 Å². The zero-order valence-electron chi connectivity index (χ0n) is 8.96. The fraction of sp³-hybridized carbons (Fsp3) is 0.300. The van der Waals surface area contributed by atoms with Gasteiger partial charge in [-0.25, -0.2) is 13.6 Å². The number of nitrogen functional groups attached to an aromatic ring is 1. The minimum Gasteiger partial charge on any atom is -0.478 e. The van der Waals surface area contributed by atoms with Gasteiger partial charge in [0.2, 0.25) is 0 Å². The van der Waals surface area contributed by atoms with E-state index in [-0.39, 0.29) is 16.9 Å². The molecule has 0 amide bonds. The summed E-state index contributed by atoms with van der Waals surface area (Å²) < 4.78 is 49.0. The molecule has 0 aliphatic rings. The SMILES string of the molecule is Nc1cc(C(=O)O)ccc1NCC(F)(F)C(F)F. The number of benzene rings is 1. The van der Waals surface area contributed by atoms with Crippen molar-refractivity contribution in [3.8, 4) is 0 Å². The van der Waals surface area contributed by atoms with Crippen LogP contribution in [0.5, 0.6) is 0 Å². The Morgan fingerprint density at radius 3 is 2.50 bits per heavy atom. The Hall–Kier alpha value is -1.99.